The molecular weight excluding hydrogens is 420 g/mol. The van der Waals surface area contributed by atoms with Gasteiger partial charge >= 0.3 is 5.97 Å². The zero-order valence-electron chi connectivity index (χ0n) is 18.1. The molecule has 2 fully saturated rings. The summed E-state index contributed by atoms with van der Waals surface area (Å²) in [5.74, 6) is -3.66. The fourth-order valence-corrected chi connectivity index (χ4v) is 4.40. The van der Waals surface area contributed by atoms with E-state index in [2.05, 4.69) is 6.07 Å². The number of piperidine rings is 1. The fourth-order valence-electron chi connectivity index (χ4n) is 4.40. The third-order valence-corrected chi connectivity index (χ3v) is 6.52. The Kier molecular flexibility index (Phi) is 7.44. The van der Waals surface area contributed by atoms with Gasteiger partial charge in [-0.05, 0) is 37.8 Å². The average Bonchev–Trinajstić information content (AvgIpc) is 2.82. The molecule has 1 saturated carbocycles. The molecule has 7 nitrogen and oxygen atoms in total. The molecule has 0 bridgehead atoms. The minimum Gasteiger partial charge on any atom is -0.455 e. The van der Waals surface area contributed by atoms with Gasteiger partial charge in [-0.2, -0.15) is 5.26 Å². The van der Waals surface area contributed by atoms with Gasteiger partial charge in [-0.3, -0.25) is 14.4 Å². The van der Waals surface area contributed by atoms with Crippen LogP contribution >= 0.6 is 0 Å². The predicted octanol–water partition coefficient (Wildman–Crippen LogP) is 3.05. The quantitative estimate of drug-likeness (QED) is 0.647. The first-order chi connectivity index (χ1) is 15.3. The van der Waals surface area contributed by atoms with Crippen LogP contribution < -0.4 is 0 Å². The van der Waals surface area contributed by atoms with Gasteiger partial charge in [0.05, 0.1) is 17.6 Å². The number of likely N-dealkylation sites (N-methyl/N-ethyl adjacent to an activating group) is 1. The predicted molar refractivity (Wildman–Crippen MR) is 110 cm³/mol. The molecule has 0 aromatic heterocycles. The number of nitriles is 1. The van der Waals surface area contributed by atoms with Crippen LogP contribution in [0, 0.1) is 28.9 Å². The molecule has 0 atom stereocenters. The fraction of sp³-hybridized carbons (Fsp3) is 0.565. The molecule has 1 heterocycles. The minimum atomic E-state index is -0.924. The van der Waals surface area contributed by atoms with Crippen molar-refractivity contribution in [2.24, 2.45) is 5.92 Å². The molecule has 2 aliphatic rings. The third-order valence-electron chi connectivity index (χ3n) is 6.52. The van der Waals surface area contributed by atoms with Crippen molar-refractivity contribution in [1.29, 1.82) is 5.26 Å². The highest BCUT2D eigenvalue weighted by atomic mass is 19.1. The maximum absolute atomic E-state index is 13.9. The smallest absolute Gasteiger partial charge is 0.309 e. The summed E-state index contributed by atoms with van der Waals surface area (Å²) >= 11 is 0. The SMILES string of the molecule is CN(C(=O)COC(=O)C1CCN(C(=O)c2ccc(F)cc2F)CC1)C1(C#N)CCCCC1. The van der Waals surface area contributed by atoms with Crippen LogP contribution in [0.3, 0.4) is 0 Å². The van der Waals surface area contributed by atoms with Crippen LogP contribution in [-0.2, 0) is 14.3 Å². The lowest BCUT2D eigenvalue weighted by molar-refractivity contribution is -0.157. The molecule has 0 radical (unpaired) electrons. The van der Waals surface area contributed by atoms with E-state index in [1.165, 1.54) is 9.80 Å². The monoisotopic (exact) mass is 447 g/mol. The second kappa shape index (κ2) is 10.1. The molecule has 1 aliphatic carbocycles. The summed E-state index contributed by atoms with van der Waals surface area (Å²) in [4.78, 5) is 40.3. The van der Waals surface area contributed by atoms with Gasteiger partial charge in [0.15, 0.2) is 6.61 Å². The van der Waals surface area contributed by atoms with Gasteiger partial charge in [0.25, 0.3) is 11.8 Å². The summed E-state index contributed by atoms with van der Waals surface area (Å²) in [7, 11) is 1.57. The maximum Gasteiger partial charge on any atom is 0.309 e. The van der Waals surface area contributed by atoms with E-state index in [-0.39, 0.29) is 18.7 Å². The van der Waals surface area contributed by atoms with Crippen LogP contribution in [-0.4, -0.2) is 59.9 Å². The number of carbonyl (C=O) groups is 3. The van der Waals surface area contributed by atoms with Crippen molar-refractivity contribution < 1.29 is 27.9 Å². The first kappa shape index (κ1) is 23.6. The lowest BCUT2D eigenvalue weighted by Gasteiger charge is -2.39. The third kappa shape index (κ3) is 5.06. The number of carbonyl (C=O) groups excluding carboxylic acids is 3. The molecule has 1 aliphatic heterocycles. The highest BCUT2D eigenvalue weighted by molar-refractivity contribution is 5.94. The highest BCUT2D eigenvalue weighted by Gasteiger charge is 2.39. The average molecular weight is 447 g/mol. The normalized spacial score (nSPS) is 18.5. The second-order valence-electron chi connectivity index (χ2n) is 8.46. The van der Waals surface area contributed by atoms with Gasteiger partial charge in [-0.25, -0.2) is 8.78 Å². The summed E-state index contributed by atoms with van der Waals surface area (Å²) < 4.78 is 32.1. The van der Waals surface area contributed by atoms with Gasteiger partial charge in [0, 0.05) is 26.2 Å². The Bertz CT molecular complexity index is 916. The summed E-state index contributed by atoms with van der Waals surface area (Å²) in [6, 6.07) is 5.06. The number of hydrogen-bond donors (Lipinski definition) is 0. The van der Waals surface area contributed by atoms with E-state index in [0.717, 1.165) is 31.4 Å². The first-order valence-corrected chi connectivity index (χ1v) is 10.9. The van der Waals surface area contributed by atoms with E-state index in [1.54, 1.807) is 7.05 Å². The zero-order chi connectivity index (χ0) is 23.3. The van der Waals surface area contributed by atoms with Gasteiger partial charge in [0.2, 0.25) is 0 Å². The van der Waals surface area contributed by atoms with Crippen LogP contribution in [0.5, 0.6) is 0 Å². The number of rotatable bonds is 5. The number of ether oxygens (including phenoxy) is 1. The maximum atomic E-state index is 13.9. The summed E-state index contributed by atoms with van der Waals surface area (Å²) in [5, 5.41) is 9.60. The van der Waals surface area contributed by atoms with E-state index in [0.29, 0.717) is 31.7 Å². The standard InChI is InChI=1S/C23H27F2N3O4/c1-27(23(15-26)9-3-2-4-10-23)20(29)14-32-22(31)16-7-11-28(12-8-16)21(30)18-6-5-17(24)13-19(18)25/h5-6,13,16H,2-4,7-12,14H2,1H3. The Morgan fingerprint density at radius 1 is 1.19 bits per heavy atom. The van der Waals surface area contributed by atoms with Crippen molar-refractivity contribution in [2.45, 2.75) is 50.5 Å². The number of likely N-dealkylation sites (tertiary alicyclic amines) is 1. The molecule has 1 saturated heterocycles. The molecule has 9 heteroatoms. The van der Waals surface area contributed by atoms with Crippen LogP contribution in [0.1, 0.15) is 55.3 Å². The number of amides is 2. The van der Waals surface area contributed by atoms with Crippen LogP contribution in [0.25, 0.3) is 0 Å². The Balaban J connectivity index is 1.48. The first-order valence-electron chi connectivity index (χ1n) is 10.9. The van der Waals surface area contributed by atoms with Crippen molar-refractivity contribution in [1.82, 2.24) is 9.80 Å². The number of esters is 1. The van der Waals surface area contributed by atoms with E-state index in [1.807, 2.05) is 0 Å². The van der Waals surface area contributed by atoms with Crippen LogP contribution in [0.4, 0.5) is 8.78 Å². The number of benzene rings is 1. The van der Waals surface area contributed by atoms with Crippen molar-refractivity contribution in [3.05, 3.63) is 35.4 Å². The Labute approximate surface area is 185 Å². The molecular formula is C23H27F2N3O4. The highest BCUT2D eigenvalue weighted by Crippen LogP contribution is 2.32. The van der Waals surface area contributed by atoms with E-state index < -0.39 is 47.5 Å². The topological polar surface area (TPSA) is 90.7 Å². The van der Waals surface area contributed by atoms with Gasteiger partial charge < -0.3 is 14.5 Å². The molecule has 0 unspecified atom stereocenters. The van der Waals surface area contributed by atoms with Crippen LogP contribution in [0.2, 0.25) is 0 Å². The number of hydrogen-bond acceptors (Lipinski definition) is 5. The van der Waals surface area contributed by atoms with Crippen molar-refractivity contribution in [3.63, 3.8) is 0 Å². The zero-order valence-corrected chi connectivity index (χ0v) is 18.1. The number of halogens is 2. The van der Waals surface area contributed by atoms with E-state index in [9.17, 15) is 28.4 Å². The van der Waals surface area contributed by atoms with Crippen molar-refractivity contribution in [3.8, 4) is 6.07 Å². The molecule has 3 rings (SSSR count). The van der Waals surface area contributed by atoms with E-state index in [4.69, 9.17) is 4.74 Å². The lowest BCUT2D eigenvalue weighted by Crippen LogP contribution is -2.51. The van der Waals surface area contributed by atoms with Crippen molar-refractivity contribution >= 4 is 17.8 Å². The Hall–Kier alpha value is -3.02. The lowest BCUT2D eigenvalue weighted by atomic mass is 9.81. The summed E-state index contributed by atoms with van der Waals surface area (Å²) in [6.07, 6.45) is 4.66. The molecule has 0 spiro atoms. The largest absolute Gasteiger partial charge is 0.455 e. The van der Waals surface area contributed by atoms with Gasteiger partial charge in [-0.15, -0.1) is 0 Å². The Morgan fingerprint density at radius 2 is 1.84 bits per heavy atom. The number of nitrogens with zero attached hydrogens (tertiary/aromatic N) is 3. The minimum absolute atomic E-state index is 0.213. The molecule has 0 N–H and O–H groups in total. The van der Waals surface area contributed by atoms with Crippen LogP contribution in [0.15, 0.2) is 18.2 Å². The van der Waals surface area contributed by atoms with Gasteiger partial charge in [0.1, 0.15) is 17.2 Å². The molecule has 2 amide bonds. The van der Waals surface area contributed by atoms with Crippen molar-refractivity contribution in [2.75, 3.05) is 26.7 Å². The Morgan fingerprint density at radius 3 is 2.44 bits per heavy atom. The molecule has 32 heavy (non-hydrogen) atoms. The molecule has 1 aromatic rings. The molecule has 172 valence electrons. The molecule has 1 aromatic carbocycles. The van der Waals surface area contributed by atoms with Gasteiger partial charge in [-0.1, -0.05) is 19.3 Å². The second-order valence-corrected chi connectivity index (χ2v) is 8.46. The summed E-state index contributed by atoms with van der Waals surface area (Å²) in [6.45, 7) is 0.0142. The van der Waals surface area contributed by atoms with E-state index >= 15 is 0 Å². The summed E-state index contributed by atoms with van der Waals surface area (Å²) in [5.41, 5.74) is -1.06.